The van der Waals surface area contributed by atoms with Gasteiger partial charge in [0.05, 0.1) is 0 Å². The zero-order chi connectivity index (χ0) is 6.48. The maximum atomic E-state index is 2.56. The van der Waals surface area contributed by atoms with E-state index in [2.05, 4.69) is 35.4 Å². The van der Waals surface area contributed by atoms with Crippen LogP contribution in [0.15, 0.2) is 0 Å². The van der Waals surface area contributed by atoms with Crippen molar-refractivity contribution in [3.8, 4) is 0 Å². The first-order valence-electron chi connectivity index (χ1n) is 3.53. The minimum Gasteiger partial charge on any atom is -0.348 e. The average molecular weight is 235 g/mol. The number of halogens is 1. The largest absolute Gasteiger partial charge is 0.348 e. The quantitative estimate of drug-likeness (QED) is 0.334. The van der Waals surface area contributed by atoms with Crippen LogP contribution in [0.25, 0.3) is 0 Å². The molecule has 2 rings (SSSR count). The second kappa shape index (κ2) is 1.88. The van der Waals surface area contributed by atoms with Gasteiger partial charge in [-0.1, -0.05) is 22.6 Å². The molecule has 0 atom stereocenters. The summed E-state index contributed by atoms with van der Waals surface area (Å²) in [6.07, 6.45) is 2.97. The Bertz CT molecular complexity index is 108. The van der Waals surface area contributed by atoms with E-state index < -0.39 is 0 Å². The summed E-state index contributed by atoms with van der Waals surface area (Å²) in [6.45, 7) is 2.74. The van der Waals surface area contributed by atoms with Crippen LogP contribution in [0.5, 0.6) is 0 Å². The zero-order valence-electron chi connectivity index (χ0n) is 5.73. The van der Waals surface area contributed by atoms with Crippen molar-refractivity contribution < 1.29 is 0 Å². The van der Waals surface area contributed by atoms with Crippen molar-refractivity contribution in [2.24, 2.45) is 5.41 Å². The SMILES string of the molecule is BN1CC2(CC(I)C2)C1. The summed E-state index contributed by atoms with van der Waals surface area (Å²) < 4.78 is 0.997. The van der Waals surface area contributed by atoms with E-state index in [0.717, 1.165) is 9.34 Å². The van der Waals surface area contributed by atoms with Gasteiger partial charge in [-0.05, 0) is 31.3 Å². The van der Waals surface area contributed by atoms with E-state index in [1.165, 1.54) is 25.9 Å². The molecule has 2 aliphatic rings. The predicted octanol–water partition coefficient (Wildman–Crippen LogP) is 0.434. The van der Waals surface area contributed by atoms with E-state index in [4.69, 9.17) is 0 Å². The fourth-order valence-electron chi connectivity index (χ4n) is 2.24. The summed E-state index contributed by atoms with van der Waals surface area (Å²) in [7, 11) is 2.21. The van der Waals surface area contributed by atoms with Gasteiger partial charge in [-0.25, -0.2) is 0 Å². The van der Waals surface area contributed by atoms with Crippen molar-refractivity contribution >= 4 is 30.6 Å². The topological polar surface area (TPSA) is 3.24 Å². The first kappa shape index (κ1) is 6.46. The first-order valence-corrected chi connectivity index (χ1v) is 4.77. The lowest BCUT2D eigenvalue weighted by atomic mass is 9.62. The van der Waals surface area contributed by atoms with Crippen LogP contribution in [0.3, 0.4) is 0 Å². The monoisotopic (exact) mass is 235 g/mol. The Hall–Kier alpha value is 0.755. The lowest BCUT2D eigenvalue weighted by molar-refractivity contribution is 0.00215. The van der Waals surface area contributed by atoms with Gasteiger partial charge in [0.1, 0.15) is 0 Å². The van der Waals surface area contributed by atoms with Crippen LogP contribution in [0.4, 0.5) is 0 Å². The third-order valence-electron chi connectivity index (χ3n) is 2.52. The Balaban J connectivity index is 1.87. The number of hydrogen-bond acceptors (Lipinski definition) is 1. The molecule has 0 unspecified atom stereocenters. The molecule has 1 aliphatic carbocycles. The lowest BCUT2D eigenvalue weighted by Gasteiger charge is -2.57. The number of rotatable bonds is 0. The van der Waals surface area contributed by atoms with Crippen molar-refractivity contribution in [1.29, 1.82) is 0 Å². The van der Waals surface area contributed by atoms with Crippen LogP contribution >= 0.6 is 22.6 Å². The van der Waals surface area contributed by atoms with Crippen molar-refractivity contribution in [3.63, 3.8) is 0 Å². The summed E-state index contributed by atoms with van der Waals surface area (Å²) in [6, 6.07) is 0. The molecule has 1 spiro atoms. The van der Waals surface area contributed by atoms with Crippen molar-refractivity contribution in [1.82, 2.24) is 4.81 Å². The number of nitrogens with zero attached hydrogens (tertiary/aromatic N) is 1. The van der Waals surface area contributed by atoms with Gasteiger partial charge in [-0.2, -0.15) is 0 Å². The van der Waals surface area contributed by atoms with Gasteiger partial charge in [0, 0.05) is 3.92 Å². The molecule has 0 aromatic rings. The van der Waals surface area contributed by atoms with E-state index >= 15 is 0 Å². The second-order valence-electron chi connectivity index (χ2n) is 3.68. The van der Waals surface area contributed by atoms with E-state index in [1.807, 2.05) is 0 Å². The smallest absolute Gasteiger partial charge is 0.185 e. The summed E-state index contributed by atoms with van der Waals surface area (Å²) >= 11 is 2.56. The molecule has 1 saturated heterocycles. The van der Waals surface area contributed by atoms with Crippen LogP contribution in [-0.2, 0) is 0 Å². The van der Waals surface area contributed by atoms with E-state index in [-0.39, 0.29) is 0 Å². The Morgan fingerprint density at radius 3 is 2.33 bits per heavy atom. The second-order valence-corrected chi connectivity index (χ2v) is 5.44. The van der Waals surface area contributed by atoms with Gasteiger partial charge < -0.3 is 4.81 Å². The Kier molecular flexibility index (Phi) is 1.35. The lowest BCUT2D eigenvalue weighted by Crippen LogP contribution is -2.61. The molecule has 0 radical (unpaired) electrons. The van der Waals surface area contributed by atoms with Crippen LogP contribution in [0, 0.1) is 5.41 Å². The minimum absolute atomic E-state index is 0.806. The Morgan fingerprint density at radius 1 is 1.44 bits per heavy atom. The van der Waals surface area contributed by atoms with Gasteiger partial charge in [-0.3, -0.25) is 0 Å². The normalized spacial score (nSPS) is 33.9. The van der Waals surface area contributed by atoms with Gasteiger partial charge >= 0.3 is 0 Å². The molecule has 0 aromatic carbocycles. The summed E-state index contributed by atoms with van der Waals surface area (Å²) in [5.41, 5.74) is 0.806. The van der Waals surface area contributed by atoms with Gasteiger partial charge in [0.2, 0.25) is 0 Å². The standard InChI is InChI=1S/C6H11BIN/c7-9-3-6(4-9)1-5(8)2-6/h5H,1-4,7H2. The molecule has 1 heterocycles. The molecule has 9 heavy (non-hydrogen) atoms. The van der Waals surface area contributed by atoms with Crippen molar-refractivity contribution in [2.75, 3.05) is 13.1 Å². The van der Waals surface area contributed by atoms with E-state index in [0.29, 0.717) is 0 Å². The molecule has 0 aromatic heterocycles. The molecule has 0 amide bonds. The predicted molar refractivity (Wildman–Crippen MR) is 49.6 cm³/mol. The maximum Gasteiger partial charge on any atom is 0.185 e. The maximum absolute atomic E-state index is 2.56. The molecule has 0 bridgehead atoms. The van der Waals surface area contributed by atoms with Crippen LogP contribution in [-0.4, -0.2) is 29.8 Å². The van der Waals surface area contributed by atoms with Gasteiger partial charge in [0.15, 0.2) is 7.98 Å². The average Bonchev–Trinajstić information content (AvgIpc) is 1.58. The van der Waals surface area contributed by atoms with Crippen LogP contribution < -0.4 is 0 Å². The highest BCUT2D eigenvalue weighted by molar-refractivity contribution is 14.1. The van der Waals surface area contributed by atoms with Crippen LogP contribution in [0.1, 0.15) is 12.8 Å². The number of hydrogen-bond donors (Lipinski definition) is 0. The Morgan fingerprint density at radius 2 is 2.00 bits per heavy atom. The fourth-order valence-corrected chi connectivity index (χ4v) is 4.11. The summed E-state index contributed by atoms with van der Waals surface area (Å²) in [5, 5.41) is 0. The molecular weight excluding hydrogens is 224 g/mol. The first-order chi connectivity index (χ1) is 4.20. The van der Waals surface area contributed by atoms with Crippen molar-refractivity contribution in [3.05, 3.63) is 0 Å². The van der Waals surface area contributed by atoms with E-state index in [9.17, 15) is 0 Å². The molecule has 1 aliphatic heterocycles. The van der Waals surface area contributed by atoms with Crippen LogP contribution in [0.2, 0.25) is 0 Å². The minimum atomic E-state index is 0.806. The highest BCUT2D eigenvalue weighted by Gasteiger charge is 2.49. The Labute approximate surface area is 70.7 Å². The molecule has 2 fully saturated rings. The number of alkyl halides is 1. The third-order valence-corrected chi connectivity index (χ3v) is 3.40. The summed E-state index contributed by atoms with van der Waals surface area (Å²) in [5.74, 6) is 0. The molecule has 50 valence electrons. The highest BCUT2D eigenvalue weighted by atomic mass is 127. The van der Waals surface area contributed by atoms with E-state index in [1.54, 1.807) is 0 Å². The van der Waals surface area contributed by atoms with Crippen molar-refractivity contribution in [2.45, 2.75) is 16.8 Å². The molecule has 1 saturated carbocycles. The summed E-state index contributed by atoms with van der Waals surface area (Å²) in [4.78, 5) is 2.42. The highest BCUT2D eigenvalue weighted by Crippen LogP contribution is 2.50. The van der Waals surface area contributed by atoms with Gasteiger partial charge in [0.25, 0.3) is 0 Å². The molecule has 0 N–H and O–H groups in total. The fraction of sp³-hybridized carbons (Fsp3) is 1.00. The zero-order valence-corrected chi connectivity index (χ0v) is 7.89. The molecule has 1 nitrogen and oxygen atoms in total. The molecular formula is C6H11BIN. The third kappa shape index (κ3) is 0.927. The molecule has 3 heteroatoms. The van der Waals surface area contributed by atoms with Gasteiger partial charge in [-0.15, -0.1) is 0 Å².